The SMILES string of the molecule is COc1cc(Br)cc(OC)c1OC.[H-].[H-].[Mg+2]. The van der Waals surface area contributed by atoms with Crippen molar-refractivity contribution in [2.45, 2.75) is 0 Å². The molecule has 0 fully saturated rings. The second-order valence-corrected chi connectivity index (χ2v) is 3.26. The van der Waals surface area contributed by atoms with Gasteiger partial charge in [0.15, 0.2) is 11.5 Å². The summed E-state index contributed by atoms with van der Waals surface area (Å²) >= 11 is 3.34. The quantitative estimate of drug-likeness (QED) is 0.791. The third-order valence-electron chi connectivity index (χ3n) is 1.63. The van der Waals surface area contributed by atoms with Gasteiger partial charge in [-0.25, -0.2) is 0 Å². The molecule has 0 amide bonds. The van der Waals surface area contributed by atoms with Crippen molar-refractivity contribution in [3.63, 3.8) is 0 Å². The van der Waals surface area contributed by atoms with Crippen molar-refractivity contribution in [3.8, 4) is 17.2 Å². The van der Waals surface area contributed by atoms with Gasteiger partial charge < -0.3 is 17.1 Å². The van der Waals surface area contributed by atoms with Crippen molar-refractivity contribution in [3.05, 3.63) is 16.6 Å². The molecule has 76 valence electrons. The third kappa shape index (κ3) is 2.93. The number of benzene rings is 1. The van der Waals surface area contributed by atoms with Crippen LogP contribution in [0.2, 0.25) is 0 Å². The summed E-state index contributed by atoms with van der Waals surface area (Å²) in [5.74, 6) is 1.90. The van der Waals surface area contributed by atoms with Crippen molar-refractivity contribution in [2.24, 2.45) is 0 Å². The monoisotopic (exact) mass is 272 g/mol. The largest absolute Gasteiger partial charge is 2.00 e. The molecule has 0 saturated carbocycles. The number of methoxy groups -OCH3 is 3. The van der Waals surface area contributed by atoms with Crippen molar-refractivity contribution >= 4 is 39.0 Å². The minimum absolute atomic E-state index is 0. The van der Waals surface area contributed by atoms with Crippen molar-refractivity contribution < 1.29 is 17.1 Å². The zero-order valence-electron chi connectivity index (χ0n) is 10.5. The fourth-order valence-corrected chi connectivity index (χ4v) is 1.46. The second kappa shape index (κ2) is 6.37. The van der Waals surface area contributed by atoms with E-state index in [1.807, 2.05) is 12.1 Å². The number of hydrogen-bond acceptors (Lipinski definition) is 3. The maximum atomic E-state index is 5.14. The van der Waals surface area contributed by atoms with Gasteiger partial charge in [0, 0.05) is 4.47 Å². The standard InChI is InChI=1S/C9H11BrO3.Mg.2H/c1-11-7-4-6(10)5-8(12-2)9(7)13-3;;;/h4-5H,1-3H3;;;/q;+2;2*-1. The maximum absolute atomic E-state index is 5.14. The first-order valence-electron chi connectivity index (χ1n) is 3.68. The fraction of sp³-hybridized carbons (Fsp3) is 0.333. The van der Waals surface area contributed by atoms with E-state index in [9.17, 15) is 0 Å². The van der Waals surface area contributed by atoms with Crippen LogP contribution in [0.4, 0.5) is 0 Å². The van der Waals surface area contributed by atoms with Gasteiger partial charge in [-0.15, -0.1) is 0 Å². The zero-order valence-corrected chi connectivity index (χ0v) is 11.5. The van der Waals surface area contributed by atoms with E-state index in [-0.39, 0.29) is 25.9 Å². The Hall–Kier alpha value is -0.134. The Morgan fingerprint density at radius 1 is 1.00 bits per heavy atom. The first kappa shape index (κ1) is 13.9. The van der Waals surface area contributed by atoms with Gasteiger partial charge >= 0.3 is 23.1 Å². The molecule has 0 aliphatic carbocycles. The van der Waals surface area contributed by atoms with Gasteiger partial charge in [0.2, 0.25) is 5.75 Å². The molecule has 0 aliphatic heterocycles. The second-order valence-electron chi connectivity index (χ2n) is 2.34. The maximum Gasteiger partial charge on any atom is 2.00 e. The van der Waals surface area contributed by atoms with Crippen LogP contribution in [-0.2, 0) is 0 Å². The molecule has 1 aromatic rings. The van der Waals surface area contributed by atoms with Gasteiger partial charge in [0.25, 0.3) is 0 Å². The van der Waals surface area contributed by atoms with Gasteiger partial charge in [0.05, 0.1) is 21.3 Å². The average molecular weight is 273 g/mol. The van der Waals surface area contributed by atoms with E-state index in [1.54, 1.807) is 21.3 Å². The van der Waals surface area contributed by atoms with Crippen molar-refractivity contribution in [1.82, 2.24) is 0 Å². The summed E-state index contributed by atoms with van der Waals surface area (Å²) < 4.78 is 16.3. The molecule has 0 saturated heterocycles. The van der Waals surface area contributed by atoms with Crippen LogP contribution in [0.3, 0.4) is 0 Å². The summed E-state index contributed by atoms with van der Waals surface area (Å²) in [6.07, 6.45) is 0. The van der Waals surface area contributed by atoms with Crippen LogP contribution in [0.25, 0.3) is 0 Å². The van der Waals surface area contributed by atoms with E-state index < -0.39 is 0 Å². The summed E-state index contributed by atoms with van der Waals surface area (Å²) in [7, 11) is 4.75. The van der Waals surface area contributed by atoms with Crippen LogP contribution in [0.15, 0.2) is 16.6 Å². The molecule has 0 bridgehead atoms. The van der Waals surface area contributed by atoms with Crippen LogP contribution in [0.5, 0.6) is 17.2 Å². The summed E-state index contributed by atoms with van der Waals surface area (Å²) in [4.78, 5) is 0. The molecule has 0 radical (unpaired) electrons. The van der Waals surface area contributed by atoms with E-state index in [0.717, 1.165) is 4.47 Å². The number of ether oxygens (including phenoxy) is 3. The van der Waals surface area contributed by atoms with Crippen molar-refractivity contribution in [2.75, 3.05) is 21.3 Å². The number of halogens is 1. The van der Waals surface area contributed by atoms with E-state index in [2.05, 4.69) is 15.9 Å². The minimum atomic E-state index is 0. The first-order valence-corrected chi connectivity index (χ1v) is 4.47. The van der Waals surface area contributed by atoms with E-state index in [0.29, 0.717) is 17.2 Å². The minimum Gasteiger partial charge on any atom is -1.00 e. The molecule has 3 nitrogen and oxygen atoms in total. The molecule has 1 aromatic carbocycles. The molecule has 0 aliphatic rings. The molecule has 0 heterocycles. The first-order chi connectivity index (χ1) is 6.22. The molecule has 1 rings (SSSR count). The molecular weight excluding hydrogens is 260 g/mol. The van der Waals surface area contributed by atoms with Gasteiger partial charge in [-0.2, -0.15) is 0 Å². The molecule has 5 heteroatoms. The Kier molecular flexibility index (Phi) is 6.31. The van der Waals surface area contributed by atoms with Gasteiger partial charge in [0.1, 0.15) is 0 Å². The van der Waals surface area contributed by atoms with E-state index >= 15 is 0 Å². The Bertz CT molecular complexity index is 288. The predicted molar refractivity (Wildman–Crippen MR) is 61.8 cm³/mol. The van der Waals surface area contributed by atoms with Crippen LogP contribution >= 0.6 is 15.9 Å². The van der Waals surface area contributed by atoms with Gasteiger partial charge in [-0.05, 0) is 12.1 Å². The molecule has 0 N–H and O–H groups in total. The summed E-state index contributed by atoms with van der Waals surface area (Å²) in [5.41, 5.74) is 0. The molecular formula is C9H13BrMgO3. The van der Waals surface area contributed by atoms with Gasteiger partial charge in [-0.3, -0.25) is 0 Å². The Morgan fingerprint density at radius 2 is 1.43 bits per heavy atom. The average Bonchev–Trinajstić information content (AvgIpc) is 2.16. The van der Waals surface area contributed by atoms with Crippen LogP contribution in [0, 0.1) is 0 Å². The Balaban J connectivity index is -0.000000563. The molecule has 14 heavy (non-hydrogen) atoms. The van der Waals surface area contributed by atoms with E-state index in [1.165, 1.54) is 0 Å². The molecule has 0 atom stereocenters. The summed E-state index contributed by atoms with van der Waals surface area (Å²) in [5, 5.41) is 0. The summed E-state index contributed by atoms with van der Waals surface area (Å²) in [6, 6.07) is 3.64. The normalized spacial score (nSPS) is 8.86. The topological polar surface area (TPSA) is 27.7 Å². The smallest absolute Gasteiger partial charge is 1.00 e. The summed E-state index contributed by atoms with van der Waals surface area (Å²) in [6.45, 7) is 0. The van der Waals surface area contributed by atoms with E-state index in [4.69, 9.17) is 14.2 Å². The fourth-order valence-electron chi connectivity index (χ4n) is 1.05. The Morgan fingerprint density at radius 3 is 1.71 bits per heavy atom. The van der Waals surface area contributed by atoms with Crippen LogP contribution < -0.4 is 14.2 Å². The van der Waals surface area contributed by atoms with Gasteiger partial charge in [-0.1, -0.05) is 15.9 Å². The van der Waals surface area contributed by atoms with Crippen molar-refractivity contribution in [1.29, 1.82) is 0 Å². The molecule has 0 aromatic heterocycles. The van der Waals surface area contributed by atoms with Crippen LogP contribution in [-0.4, -0.2) is 44.4 Å². The third-order valence-corrected chi connectivity index (χ3v) is 2.09. The number of hydrogen-bond donors (Lipinski definition) is 0. The molecule has 0 spiro atoms. The molecule has 0 unspecified atom stereocenters. The number of rotatable bonds is 3. The van der Waals surface area contributed by atoms with Crippen LogP contribution in [0.1, 0.15) is 2.85 Å². The predicted octanol–water partition coefficient (Wildman–Crippen LogP) is 2.32. The zero-order chi connectivity index (χ0) is 9.84. The Labute approximate surface area is 111 Å².